The minimum atomic E-state index is 0.679. The van der Waals surface area contributed by atoms with E-state index in [1.807, 2.05) is 36.0 Å². The molecule has 2 aromatic rings. The highest BCUT2D eigenvalue weighted by Crippen LogP contribution is 2.19. The average Bonchev–Trinajstić information content (AvgIpc) is 2.72. The van der Waals surface area contributed by atoms with E-state index in [1.165, 1.54) is 0 Å². The Bertz CT molecular complexity index is 468. The van der Waals surface area contributed by atoms with Crippen LogP contribution in [0.1, 0.15) is 5.69 Å². The normalized spacial score (nSPS) is 10.4. The summed E-state index contributed by atoms with van der Waals surface area (Å²) in [5.41, 5.74) is 3.51. The van der Waals surface area contributed by atoms with Gasteiger partial charge in [-0.05, 0) is 12.1 Å². The van der Waals surface area contributed by atoms with E-state index in [4.69, 9.17) is 5.84 Å². The molecular weight excluding hydrogens is 222 g/mol. The number of aryl methyl sites for hydroxylation is 1. The lowest BCUT2D eigenvalue weighted by Gasteiger charge is -2.03. The second kappa shape index (κ2) is 5.00. The highest BCUT2D eigenvalue weighted by molar-refractivity contribution is 7.98. The topological polar surface area (TPSA) is 68.8 Å². The summed E-state index contributed by atoms with van der Waals surface area (Å²) in [6, 6.07) is 5.72. The van der Waals surface area contributed by atoms with Crippen LogP contribution < -0.4 is 11.3 Å². The molecule has 2 aromatic heterocycles. The summed E-state index contributed by atoms with van der Waals surface area (Å²) in [5.74, 6) is 6.75. The molecular formula is C10H13N5S. The Labute approximate surface area is 98.1 Å². The predicted molar refractivity (Wildman–Crippen MR) is 64.8 cm³/mol. The van der Waals surface area contributed by atoms with Crippen molar-refractivity contribution in [2.45, 2.75) is 10.9 Å². The lowest BCUT2D eigenvalue weighted by molar-refractivity contribution is 0.789. The molecule has 0 unspecified atom stereocenters. The number of rotatable bonds is 4. The Hall–Kier alpha value is -1.53. The number of imidazole rings is 1. The van der Waals surface area contributed by atoms with Crippen LogP contribution in [0, 0.1) is 0 Å². The van der Waals surface area contributed by atoms with E-state index in [0.717, 1.165) is 16.6 Å². The maximum absolute atomic E-state index is 5.30. The van der Waals surface area contributed by atoms with Crippen LogP contribution in [0.25, 0.3) is 0 Å². The van der Waals surface area contributed by atoms with Crippen LogP contribution in [0.4, 0.5) is 5.82 Å². The first-order valence-corrected chi connectivity index (χ1v) is 5.81. The Kier molecular flexibility index (Phi) is 3.43. The van der Waals surface area contributed by atoms with Crippen LogP contribution in [-0.2, 0) is 12.8 Å². The van der Waals surface area contributed by atoms with Gasteiger partial charge in [0.15, 0.2) is 5.16 Å². The van der Waals surface area contributed by atoms with Gasteiger partial charge in [0.1, 0.15) is 5.82 Å². The van der Waals surface area contributed by atoms with Crippen molar-refractivity contribution in [3.8, 4) is 0 Å². The highest BCUT2D eigenvalue weighted by atomic mass is 32.2. The molecule has 2 heterocycles. The third-order valence-corrected chi connectivity index (χ3v) is 3.17. The Morgan fingerprint density at radius 3 is 3.06 bits per heavy atom. The lowest BCUT2D eigenvalue weighted by atomic mass is 10.4. The van der Waals surface area contributed by atoms with Crippen molar-refractivity contribution in [2.24, 2.45) is 12.9 Å². The molecule has 3 N–H and O–H groups in total. The zero-order valence-corrected chi connectivity index (χ0v) is 9.74. The van der Waals surface area contributed by atoms with Gasteiger partial charge >= 0.3 is 0 Å². The van der Waals surface area contributed by atoms with Gasteiger partial charge in [0.2, 0.25) is 0 Å². The molecule has 5 nitrogen and oxygen atoms in total. The van der Waals surface area contributed by atoms with Crippen molar-refractivity contribution in [3.63, 3.8) is 0 Å². The van der Waals surface area contributed by atoms with E-state index in [2.05, 4.69) is 15.4 Å². The molecule has 0 amide bonds. The van der Waals surface area contributed by atoms with Gasteiger partial charge in [-0.15, -0.1) is 0 Å². The fourth-order valence-corrected chi connectivity index (χ4v) is 2.11. The highest BCUT2D eigenvalue weighted by Gasteiger charge is 2.02. The Balaban J connectivity index is 2.02. The third-order valence-electron chi connectivity index (χ3n) is 2.08. The first-order valence-electron chi connectivity index (χ1n) is 4.82. The molecule has 84 valence electrons. The largest absolute Gasteiger partial charge is 0.329 e. The van der Waals surface area contributed by atoms with Crippen molar-refractivity contribution in [1.29, 1.82) is 0 Å². The summed E-state index contributed by atoms with van der Waals surface area (Å²) in [4.78, 5) is 8.56. The molecule has 0 atom stereocenters. The standard InChI is InChI=1S/C10H13N5S/c1-15-6-5-12-10(15)16-7-8-3-2-4-9(13-8)14-11/h2-6H,7,11H2,1H3,(H,13,14). The zero-order valence-electron chi connectivity index (χ0n) is 8.92. The zero-order chi connectivity index (χ0) is 11.4. The number of hydrazine groups is 1. The molecule has 0 aliphatic carbocycles. The number of nitrogen functional groups attached to an aromatic ring is 1. The van der Waals surface area contributed by atoms with Gasteiger partial charge in [-0.1, -0.05) is 17.8 Å². The molecule has 0 radical (unpaired) electrons. The van der Waals surface area contributed by atoms with Crippen LogP contribution in [0.5, 0.6) is 0 Å². The van der Waals surface area contributed by atoms with Crippen molar-refractivity contribution >= 4 is 17.6 Å². The fraction of sp³-hybridized carbons (Fsp3) is 0.200. The second-order valence-electron chi connectivity index (χ2n) is 3.27. The number of nitrogens with one attached hydrogen (secondary N) is 1. The monoisotopic (exact) mass is 235 g/mol. The maximum atomic E-state index is 5.30. The van der Waals surface area contributed by atoms with E-state index < -0.39 is 0 Å². The lowest BCUT2D eigenvalue weighted by Crippen LogP contribution is -2.08. The number of nitrogens with zero attached hydrogens (tertiary/aromatic N) is 3. The summed E-state index contributed by atoms with van der Waals surface area (Å²) in [6.45, 7) is 0. The second-order valence-corrected chi connectivity index (χ2v) is 4.21. The first-order chi connectivity index (χ1) is 7.79. The number of aromatic nitrogens is 3. The number of pyridine rings is 1. The van der Waals surface area contributed by atoms with Crippen molar-refractivity contribution in [1.82, 2.24) is 14.5 Å². The van der Waals surface area contributed by atoms with E-state index in [1.54, 1.807) is 18.0 Å². The van der Waals surface area contributed by atoms with E-state index >= 15 is 0 Å². The van der Waals surface area contributed by atoms with Gasteiger partial charge in [-0.2, -0.15) is 0 Å². The summed E-state index contributed by atoms with van der Waals surface area (Å²) in [5, 5.41) is 0.980. The predicted octanol–water partition coefficient (Wildman–Crippen LogP) is 1.39. The molecule has 0 aliphatic rings. The first kappa shape index (κ1) is 11.0. The Morgan fingerprint density at radius 1 is 1.50 bits per heavy atom. The minimum absolute atomic E-state index is 0.679. The van der Waals surface area contributed by atoms with E-state index in [0.29, 0.717) is 5.82 Å². The van der Waals surface area contributed by atoms with Gasteiger partial charge in [0, 0.05) is 25.2 Å². The summed E-state index contributed by atoms with van der Waals surface area (Å²) >= 11 is 1.65. The van der Waals surface area contributed by atoms with Crippen LogP contribution in [0.3, 0.4) is 0 Å². The van der Waals surface area contributed by atoms with Crippen LogP contribution in [-0.4, -0.2) is 14.5 Å². The molecule has 0 saturated heterocycles. The number of thioether (sulfide) groups is 1. The summed E-state index contributed by atoms with van der Waals surface area (Å²) < 4.78 is 1.98. The minimum Gasteiger partial charge on any atom is -0.329 e. The fourth-order valence-electron chi connectivity index (χ4n) is 1.27. The third kappa shape index (κ3) is 2.53. The van der Waals surface area contributed by atoms with Gasteiger partial charge in [-0.3, -0.25) is 0 Å². The van der Waals surface area contributed by atoms with Gasteiger partial charge in [0.05, 0.1) is 5.69 Å². The molecule has 0 saturated carbocycles. The molecule has 0 fully saturated rings. The molecule has 6 heteroatoms. The van der Waals surface area contributed by atoms with Crippen molar-refractivity contribution in [3.05, 3.63) is 36.3 Å². The SMILES string of the molecule is Cn1ccnc1SCc1cccc(NN)n1. The molecule has 2 rings (SSSR count). The van der Waals surface area contributed by atoms with Crippen LogP contribution in [0.2, 0.25) is 0 Å². The van der Waals surface area contributed by atoms with E-state index in [-0.39, 0.29) is 0 Å². The summed E-state index contributed by atoms with van der Waals surface area (Å²) in [6.07, 6.45) is 3.71. The van der Waals surface area contributed by atoms with E-state index in [9.17, 15) is 0 Å². The molecule has 0 aliphatic heterocycles. The number of hydrogen-bond donors (Lipinski definition) is 2. The quantitative estimate of drug-likeness (QED) is 0.476. The number of hydrogen-bond acceptors (Lipinski definition) is 5. The number of nitrogens with two attached hydrogens (primary N) is 1. The van der Waals surface area contributed by atoms with Gasteiger partial charge < -0.3 is 9.99 Å². The van der Waals surface area contributed by atoms with Gasteiger partial charge in [0.25, 0.3) is 0 Å². The number of anilines is 1. The average molecular weight is 235 g/mol. The molecule has 0 spiro atoms. The molecule has 16 heavy (non-hydrogen) atoms. The molecule has 0 aromatic carbocycles. The van der Waals surface area contributed by atoms with Crippen molar-refractivity contribution in [2.75, 3.05) is 5.43 Å². The Morgan fingerprint density at radius 2 is 2.38 bits per heavy atom. The van der Waals surface area contributed by atoms with Crippen LogP contribution >= 0.6 is 11.8 Å². The maximum Gasteiger partial charge on any atom is 0.168 e. The molecule has 0 bridgehead atoms. The van der Waals surface area contributed by atoms with Crippen LogP contribution in [0.15, 0.2) is 35.7 Å². The summed E-state index contributed by atoms with van der Waals surface area (Å²) in [7, 11) is 1.97. The van der Waals surface area contributed by atoms with Crippen molar-refractivity contribution < 1.29 is 0 Å². The van der Waals surface area contributed by atoms with Gasteiger partial charge in [-0.25, -0.2) is 15.8 Å². The smallest absolute Gasteiger partial charge is 0.168 e.